The van der Waals surface area contributed by atoms with E-state index in [1.807, 2.05) is 37.3 Å². The van der Waals surface area contributed by atoms with Gasteiger partial charge in [0.2, 0.25) is 0 Å². The quantitative estimate of drug-likeness (QED) is 0.705. The zero-order chi connectivity index (χ0) is 9.26. The summed E-state index contributed by atoms with van der Waals surface area (Å²) in [5, 5.41) is 1.93. The molecule has 0 aliphatic rings. The van der Waals surface area contributed by atoms with Gasteiger partial charge in [-0.2, -0.15) is 0 Å². The standard InChI is InChI=1S/C11H10ClN/c1-2-3-10-7-8-6-9(12)4-5-11(8)13-10/h2-7,13H,1H3/b3-2+. The number of H-pyrrole nitrogens is 1. The first-order chi connectivity index (χ1) is 6.29. The van der Waals surface area contributed by atoms with Crippen LogP contribution in [0.15, 0.2) is 30.3 Å². The Labute approximate surface area is 82.0 Å². The molecular weight excluding hydrogens is 182 g/mol. The maximum atomic E-state index is 5.87. The third-order valence-corrected chi connectivity index (χ3v) is 2.18. The number of allylic oxidation sites excluding steroid dienone is 1. The summed E-state index contributed by atoms with van der Waals surface area (Å²) in [6.07, 6.45) is 4.04. The van der Waals surface area contributed by atoms with E-state index < -0.39 is 0 Å². The van der Waals surface area contributed by atoms with Crippen LogP contribution in [0.3, 0.4) is 0 Å². The lowest BCUT2D eigenvalue weighted by molar-refractivity contribution is 1.43. The lowest BCUT2D eigenvalue weighted by Crippen LogP contribution is -1.68. The lowest BCUT2D eigenvalue weighted by Gasteiger charge is -1.88. The molecule has 0 atom stereocenters. The number of nitrogens with one attached hydrogen (secondary N) is 1. The second-order valence-corrected chi connectivity index (χ2v) is 3.39. The third-order valence-electron chi connectivity index (χ3n) is 1.95. The first-order valence-electron chi connectivity index (χ1n) is 4.20. The van der Waals surface area contributed by atoms with Gasteiger partial charge in [-0.05, 0) is 37.3 Å². The Kier molecular flexibility index (Phi) is 2.11. The number of aromatic nitrogens is 1. The molecular formula is C11H10ClN. The maximum Gasteiger partial charge on any atom is 0.0459 e. The van der Waals surface area contributed by atoms with Crippen molar-refractivity contribution < 1.29 is 0 Å². The van der Waals surface area contributed by atoms with E-state index in [1.54, 1.807) is 0 Å². The number of benzene rings is 1. The average Bonchev–Trinajstić information content (AvgIpc) is 2.46. The molecule has 13 heavy (non-hydrogen) atoms. The fourth-order valence-corrected chi connectivity index (χ4v) is 1.58. The van der Waals surface area contributed by atoms with E-state index in [4.69, 9.17) is 11.6 Å². The fourth-order valence-electron chi connectivity index (χ4n) is 1.40. The number of aromatic amines is 1. The van der Waals surface area contributed by atoms with Crippen molar-refractivity contribution in [3.8, 4) is 0 Å². The fraction of sp³-hybridized carbons (Fsp3) is 0.0909. The minimum Gasteiger partial charge on any atom is -0.355 e. The number of hydrogen-bond donors (Lipinski definition) is 1. The van der Waals surface area contributed by atoms with Gasteiger partial charge in [0.25, 0.3) is 0 Å². The first kappa shape index (κ1) is 8.39. The van der Waals surface area contributed by atoms with Crippen molar-refractivity contribution in [3.05, 3.63) is 41.1 Å². The topological polar surface area (TPSA) is 15.8 Å². The Hall–Kier alpha value is -1.21. The molecule has 0 saturated heterocycles. The van der Waals surface area contributed by atoms with Crippen LogP contribution in [-0.2, 0) is 0 Å². The molecule has 0 unspecified atom stereocenters. The van der Waals surface area contributed by atoms with E-state index in [9.17, 15) is 0 Å². The van der Waals surface area contributed by atoms with Gasteiger partial charge in [0.05, 0.1) is 0 Å². The molecule has 1 nitrogen and oxygen atoms in total. The summed E-state index contributed by atoms with van der Waals surface area (Å²) in [5.41, 5.74) is 2.23. The van der Waals surface area contributed by atoms with Crippen LogP contribution < -0.4 is 0 Å². The van der Waals surface area contributed by atoms with Crippen molar-refractivity contribution in [1.82, 2.24) is 4.98 Å². The molecule has 1 N–H and O–H groups in total. The highest BCUT2D eigenvalue weighted by Gasteiger charge is 1.97. The van der Waals surface area contributed by atoms with Gasteiger partial charge in [-0.15, -0.1) is 0 Å². The summed E-state index contributed by atoms with van der Waals surface area (Å²) in [6, 6.07) is 7.92. The molecule has 0 fully saturated rings. The summed E-state index contributed by atoms with van der Waals surface area (Å²) in [4.78, 5) is 3.28. The van der Waals surface area contributed by atoms with Crippen molar-refractivity contribution >= 4 is 28.6 Å². The van der Waals surface area contributed by atoms with Crippen molar-refractivity contribution in [3.63, 3.8) is 0 Å². The van der Waals surface area contributed by atoms with E-state index in [0.717, 1.165) is 21.6 Å². The molecule has 1 heterocycles. The molecule has 0 radical (unpaired) electrons. The molecule has 66 valence electrons. The van der Waals surface area contributed by atoms with Crippen molar-refractivity contribution in [2.75, 3.05) is 0 Å². The Balaban J connectivity index is 2.62. The van der Waals surface area contributed by atoms with Gasteiger partial charge in [0.1, 0.15) is 0 Å². The largest absolute Gasteiger partial charge is 0.355 e. The molecule has 0 bridgehead atoms. The van der Waals surface area contributed by atoms with Crippen LogP contribution >= 0.6 is 11.6 Å². The number of fused-ring (bicyclic) bond motifs is 1. The van der Waals surface area contributed by atoms with Gasteiger partial charge < -0.3 is 4.98 Å². The zero-order valence-electron chi connectivity index (χ0n) is 7.34. The highest BCUT2D eigenvalue weighted by Crippen LogP contribution is 2.20. The Morgan fingerprint density at radius 3 is 2.92 bits per heavy atom. The summed E-state index contributed by atoms with van der Waals surface area (Å²) in [5.74, 6) is 0. The molecule has 1 aromatic heterocycles. The normalized spacial score (nSPS) is 11.5. The highest BCUT2D eigenvalue weighted by atomic mass is 35.5. The highest BCUT2D eigenvalue weighted by molar-refractivity contribution is 6.31. The molecule has 0 amide bonds. The van der Waals surface area contributed by atoms with Crippen molar-refractivity contribution in [2.24, 2.45) is 0 Å². The number of hydrogen-bond acceptors (Lipinski definition) is 0. The van der Waals surface area contributed by atoms with Crippen molar-refractivity contribution in [2.45, 2.75) is 6.92 Å². The monoisotopic (exact) mass is 191 g/mol. The predicted molar refractivity (Wildman–Crippen MR) is 58.0 cm³/mol. The van der Waals surface area contributed by atoms with Crippen LogP contribution in [0.5, 0.6) is 0 Å². The van der Waals surface area contributed by atoms with Crippen LogP contribution in [0.25, 0.3) is 17.0 Å². The van der Waals surface area contributed by atoms with Gasteiger partial charge in [0, 0.05) is 21.6 Å². The van der Waals surface area contributed by atoms with Gasteiger partial charge in [-0.3, -0.25) is 0 Å². The lowest BCUT2D eigenvalue weighted by atomic mass is 10.2. The average molecular weight is 192 g/mol. The predicted octanol–water partition coefficient (Wildman–Crippen LogP) is 3.85. The maximum absolute atomic E-state index is 5.87. The van der Waals surface area contributed by atoms with Crippen LogP contribution in [0.2, 0.25) is 5.02 Å². The Morgan fingerprint density at radius 2 is 2.15 bits per heavy atom. The van der Waals surface area contributed by atoms with Crippen LogP contribution in [-0.4, -0.2) is 4.98 Å². The minimum atomic E-state index is 0.776. The molecule has 0 spiro atoms. The molecule has 2 rings (SSSR count). The number of halogens is 1. The van der Waals surface area contributed by atoms with E-state index in [0.29, 0.717) is 0 Å². The van der Waals surface area contributed by atoms with Gasteiger partial charge in [-0.1, -0.05) is 17.7 Å². The second kappa shape index (κ2) is 3.27. The third kappa shape index (κ3) is 1.61. The Morgan fingerprint density at radius 1 is 1.31 bits per heavy atom. The summed E-state index contributed by atoms with van der Waals surface area (Å²) >= 11 is 5.87. The molecule has 0 aliphatic carbocycles. The number of rotatable bonds is 1. The molecule has 0 saturated carbocycles. The second-order valence-electron chi connectivity index (χ2n) is 2.96. The summed E-state index contributed by atoms with van der Waals surface area (Å²) < 4.78 is 0. The van der Waals surface area contributed by atoms with Crippen molar-refractivity contribution in [1.29, 1.82) is 0 Å². The molecule has 2 aromatic rings. The van der Waals surface area contributed by atoms with Gasteiger partial charge >= 0.3 is 0 Å². The summed E-state index contributed by atoms with van der Waals surface area (Å²) in [6.45, 7) is 2.00. The van der Waals surface area contributed by atoms with Crippen LogP contribution in [0.4, 0.5) is 0 Å². The van der Waals surface area contributed by atoms with Crippen LogP contribution in [0.1, 0.15) is 12.6 Å². The molecule has 1 aromatic carbocycles. The van der Waals surface area contributed by atoms with E-state index in [2.05, 4.69) is 11.1 Å². The SMILES string of the molecule is C/C=C/c1cc2cc(Cl)ccc2[nH]1. The zero-order valence-corrected chi connectivity index (χ0v) is 8.10. The molecule has 2 heteroatoms. The van der Waals surface area contributed by atoms with E-state index in [-0.39, 0.29) is 0 Å². The van der Waals surface area contributed by atoms with Crippen LogP contribution in [0, 0.1) is 0 Å². The first-order valence-corrected chi connectivity index (χ1v) is 4.58. The molecule has 0 aliphatic heterocycles. The van der Waals surface area contributed by atoms with Gasteiger partial charge in [0.15, 0.2) is 0 Å². The van der Waals surface area contributed by atoms with Gasteiger partial charge in [-0.25, -0.2) is 0 Å². The smallest absolute Gasteiger partial charge is 0.0459 e. The Bertz CT molecular complexity index is 454. The van der Waals surface area contributed by atoms with E-state index >= 15 is 0 Å². The van der Waals surface area contributed by atoms with E-state index in [1.165, 1.54) is 0 Å². The minimum absolute atomic E-state index is 0.776. The summed E-state index contributed by atoms with van der Waals surface area (Å²) in [7, 11) is 0.